The first kappa shape index (κ1) is 8.29. The fourth-order valence-electron chi connectivity index (χ4n) is 1.88. The van der Waals surface area contributed by atoms with Gasteiger partial charge in [0, 0.05) is 12.7 Å². The highest BCUT2D eigenvalue weighted by Crippen LogP contribution is 2.28. The van der Waals surface area contributed by atoms with Crippen molar-refractivity contribution in [1.82, 2.24) is 9.55 Å². The minimum Gasteiger partial charge on any atom is -0.369 e. The number of aromatic nitrogens is 2. The Balaban J connectivity index is 2.38. The molecule has 0 aromatic carbocycles. The minimum atomic E-state index is -0.285. The number of imidazole rings is 1. The number of nitrogens with zero attached hydrogens (tertiary/aromatic N) is 2. The van der Waals surface area contributed by atoms with Gasteiger partial charge in [0.2, 0.25) is 5.91 Å². The minimum absolute atomic E-state index is 0.227. The van der Waals surface area contributed by atoms with Gasteiger partial charge in [-0.05, 0) is 12.3 Å². The predicted octanol–water partition coefficient (Wildman–Crippen LogP) is 0.292. The van der Waals surface area contributed by atoms with Gasteiger partial charge in [-0.25, -0.2) is 4.98 Å². The number of nitrogens with two attached hydrogens (primary N) is 1. The normalized spacial score (nSPS) is 26.8. The number of primary amides is 1. The van der Waals surface area contributed by atoms with Crippen LogP contribution in [-0.4, -0.2) is 15.5 Å². The van der Waals surface area contributed by atoms with Crippen LogP contribution in [0.15, 0.2) is 6.20 Å². The second kappa shape index (κ2) is 2.87. The van der Waals surface area contributed by atoms with E-state index in [9.17, 15) is 4.79 Å². The largest absolute Gasteiger partial charge is 0.369 e. The maximum absolute atomic E-state index is 11.1. The summed E-state index contributed by atoms with van der Waals surface area (Å²) < 4.78 is 1.96. The van der Waals surface area contributed by atoms with Crippen molar-refractivity contribution in [3.63, 3.8) is 0 Å². The van der Waals surface area contributed by atoms with E-state index in [0.717, 1.165) is 18.8 Å². The zero-order valence-electron chi connectivity index (χ0n) is 7.53. The lowest BCUT2D eigenvalue weighted by Crippen LogP contribution is -2.31. The van der Waals surface area contributed by atoms with Crippen molar-refractivity contribution >= 4 is 5.91 Å². The van der Waals surface area contributed by atoms with E-state index in [1.807, 2.05) is 4.57 Å². The second-order valence-corrected chi connectivity index (χ2v) is 3.68. The fourth-order valence-corrected chi connectivity index (χ4v) is 1.88. The maximum Gasteiger partial charge on any atom is 0.228 e. The smallest absolute Gasteiger partial charge is 0.228 e. The van der Waals surface area contributed by atoms with Gasteiger partial charge in [-0.15, -0.1) is 0 Å². The number of carbonyl (C=O) groups excluding carboxylic acids is 1. The zero-order valence-corrected chi connectivity index (χ0v) is 7.53. The van der Waals surface area contributed by atoms with Gasteiger partial charge in [0.05, 0.1) is 5.92 Å². The van der Waals surface area contributed by atoms with Crippen molar-refractivity contribution in [2.75, 3.05) is 0 Å². The molecule has 0 bridgehead atoms. The van der Waals surface area contributed by atoms with Crippen molar-refractivity contribution in [2.24, 2.45) is 11.7 Å². The Morgan fingerprint density at radius 1 is 1.85 bits per heavy atom. The molecule has 0 saturated heterocycles. The van der Waals surface area contributed by atoms with Gasteiger partial charge in [-0.2, -0.15) is 0 Å². The Hall–Kier alpha value is -1.32. The van der Waals surface area contributed by atoms with Gasteiger partial charge >= 0.3 is 0 Å². The molecular weight excluding hydrogens is 166 g/mol. The van der Waals surface area contributed by atoms with Gasteiger partial charge < -0.3 is 10.3 Å². The number of hydrogen-bond donors (Lipinski definition) is 1. The summed E-state index contributed by atoms with van der Waals surface area (Å²) in [5.74, 6) is 0.737. The number of amides is 1. The molecule has 2 unspecified atom stereocenters. The SMILES string of the molecule is CC1CC(C(N)=O)c2n[c]cn2C1. The van der Waals surface area contributed by atoms with E-state index in [1.54, 1.807) is 6.20 Å². The molecule has 0 saturated carbocycles. The molecule has 13 heavy (non-hydrogen) atoms. The summed E-state index contributed by atoms with van der Waals surface area (Å²) in [5.41, 5.74) is 5.30. The van der Waals surface area contributed by atoms with Crippen LogP contribution in [0.4, 0.5) is 0 Å². The van der Waals surface area contributed by atoms with Crippen molar-refractivity contribution in [3.05, 3.63) is 18.2 Å². The lowest BCUT2D eigenvalue weighted by molar-refractivity contribution is -0.120. The average Bonchev–Trinajstić information content (AvgIpc) is 2.49. The molecule has 1 amide bonds. The molecule has 0 aliphatic carbocycles. The maximum atomic E-state index is 11.1. The molecular formula is C9H12N3O. The molecule has 0 fully saturated rings. The topological polar surface area (TPSA) is 60.9 Å². The monoisotopic (exact) mass is 178 g/mol. The van der Waals surface area contributed by atoms with E-state index in [2.05, 4.69) is 18.1 Å². The standard InChI is InChI=1S/C9H12N3O/c1-6-4-7(8(10)13)9-11-2-3-12(9)5-6/h3,6-7H,4-5H2,1H3,(H2,10,13). The summed E-state index contributed by atoms with van der Waals surface area (Å²) in [6, 6.07) is 0. The Labute approximate surface area is 76.8 Å². The van der Waals surface area contributed by atoms with Crippen molar-refractivity contribution in [2.45, 2.75) is 25.8 Å². The number of carbonyl (C=O) groups is 1. The average molecular weight is 178 g/mol. The first-order chi connectivity index (χ1) is 6.18. The first-order valence-electron chi connectivity index (χ1n) is 4.41. The second-order valence-electron chi connectivity index (χ2n) is 3.68. The van der Waals surface area contributed by atoms with E-state index >= 15 is 0 Å². The van der Waals surface area contributed by atoms with Crippen LogP contribution >= 0.6 is 0 Å². The third-order valence-electron chi connectivity index (χ3n) is 2.49. The van der Waals surface area contributed by atoms with Crippen LogP contribution in [0.2, 0.25) is 0 Å². The summed E-state index contributed by atoms with van der Waals surface area (Å²) in [6.07, 6.45) is 5.34. The van der Waals surface area contributed by atoms with Gasteiger partial charge in [0.25, 0.3) is 0 Å². The third kappa shape index (κ3) is 1.32. The first-order valence-corrected chi connectivity index (χ1v) is 4.41. The van der Waals surface area contributed by atoms with Crippen LogP contribution in [0.25, 0.3) is 0 Å². The molecule has 1 aliphatic rings. The lowest BCUT2D eigenvalue weighted by Gasteiger charge is -2.25. The van der Waals surface area contributed by atoms with Crippen LogP contribution < -0.4 is 5.73 Å². The molecule has 0 spiro atoms. The molecule has 1 aliphatic heterocycles. The van der Waals surface area contributed by atoms with Crippen LogP contribution in [0.1, 0.15) is 25.1 Å². The summed E-state index contributed by atoms with van der Waals surface area (Å²) in [7, 11) is 0. The Morgan fingerprint density at radius 2 is 2.62 bits per heavy atom. The molecule has 4 nitrogen and oxygen atoms in total. The van der Waals surface area contributed by atoms with Crippen molar-refractivity contribution in [3.8, 4) is 0 Å². The highest BCUT2D eigenvalue weighted by atomic mass is 16.1. The van der Waals surface area contributed by atoms with E-state index in [0.29, 0.717) is 5.92 Å². The highest BCUT2D eigenvalue weighted by molar-refractivity contribution is 5.81. The Morgan fingerprint density at radius 3 is 3.31 bits per heavy atom. The zero-order chi connectivity index (χ0) is 9.42. The van der Waals surface area contributed by atoms with E-state index < -0.39 is 0 Å². The van der Waals surface area contributed by atoms with Crippen LogP contribution in [-0.2, 0) is 11.3 Å². The molecule has 2 rings (SSSR count). The van der Waals surface area contributed by atoms with Gasteiger partial charge in [0.1, 0.15) is 12.0 Å². The lowest BCUT2D eigenvalue weighted by atomic mass is 9.91. The molecule has 2 N–H and O–H groups in total. The van der Waals surface area contributed by atoms with Crippen molar-refractivity contribution in [1.29, 1.82) is 0 Å². The van der Waals surface area contributed by atoms with Crippen LogP contribution in [0.3, 0.4) is 0 Å². The van der Waals surface area contributed by atoms with Gasteiger partial charge in [-0.3, -0.25) is 4.79 Å². The number of hydrogen-bond acceptors (Lipinski definition) is 2. The number of fused-ring (bicyclic) bond motifs is 1. The molecule has 2 atom stereocenters. The number of rotatable bonds is 1. The molecule has 1 aromatic heterocycles. The molecule has 69 valence electrons. The molecule has 1 radical (unpaired) electrons. The summed E-state index contributed by atoms with van der Waals surface area (Å²) in [6.45, 7) is 3.02. The van der Waals surface area contributed by atoms with E-state index in [1.165, 1.54) is 0 Å². The van der Waals surface area contributed by atoms with E-state index in [-0.39, 0.29) is 11.8 Å². The summed E-state index contributed by atoms with van der Waals surface area (Å²) >= 11 is 0. The predicted molar refractivity (Wildman–Crippen MR) is 46.8 cm³/mol. The quantitative estimate of drug-likeness (QED) is 0.672. The van der Waals surface area contributed by atoms with Crippen LogP contribution in [0, 0.1) is 12.1 Å². The summed E-state index contributed by atoms with van der Waals surface area (Å²) in [4.78, 5) is 15.1. The summed E-state index contributed by atoms with van der Waals surface area (Å²) in [5, 5.41) is 0. The Bertz CT molecular complexity index is 331. The molecule has 1 aromatic rings. The third-order valence-corrected chi connectivity index (χ3v) is 2.49. The van der Waals surface area contributed by atoms with Gasteiger partial charge in [-0.1, -0.05) is 6.92 Å². The fraction of sp³-hybridized carbons (Fsp3) is 0.556. The van der Waals surface area contributed by atoms with E-state index in [4.69, 9.17) is 5.73 Å². The highest BCUT2D eigenvalue weighted by Gasteiger charge is 2.29. The van der Waals surface area contributed by atoms with Crippen LogP contribution in [0.5, 0.6) is 0 Å². The van der Waals surface area contributed by atoms with Crippen molar-refractivity contribution < 1.29 is 4.79 Å². The molecule has 4 heteroatoms. The molecule has 2 heterocycles. The Kier molecular flexibility index (Phi) is 1.83. The van der Waals surface area contributed by atoms with Gasteiger partial charge in [0.15, 0.2) is 0 Å².